The maximum absolute atomic E-state index is 12.0. The van der Waals surface area contributed by atoms with Gasteiger partial charge in [-0.3, -0.25) is 0 Å². The molecule has 8 heteroatoms. The van der Waals surface area contributed by atoms with Gasteiger partial charge in [0.05, 0.1) is 6.61 Å². The summed E-state index contributed by atoms with van der Waals surface area (Å²) < 4.78 is 27.6. The lowest BCUT2D eigenvalue weighted by Crippen LogP contribution is -2.25. The van der Waals surface area contributed by atoms with Crippen LogP contribution in [-0.4, -0.2) is 49.3 Å². The molecule has 0 saturated carbocycles. The highest BCUT2D eigenvalue weighted by atomic mass is 16.7. The smallest absolute Gasteiger partial charge is 0.336 e. The van der Waals surface area contributed by atoms with Crippen molar-refractivity contribution >= 4 is 11.9 Å². The van der Waals surface area contributed by atoms with Crippen molar-refractivity contribution in [2.45, 2.75) is 59.4 Å². The quantitative estimate of drug-likeness (QED) is 0.206. The molecular weight excluding hydrogens is 488 g/mol. The van der Waals surface area contributed by atoms with Gasteiger partial charge in [0.2, 0.25) is 6.29 Å². The third-order valence-corrected chi connectivity index (χ3v) is 5.63. The number of benzene rings is 2. The van der Waals surface area contributed by atoms with Gasteiger partial charge in [0.1, 0.15) is 36.6 Å². The van der Waals surface area contributed by atoms with Crippen molar-refractivity contribution < 1.29 is 38.4 Å². The van der Waals surface area contributed by atoms with Crippen LogP contribution >= 0.6 is 0 Å². The van der Waals surface area contributed by atoms with Gasteiger partial charge in [0.25, 0.3) is 0 Å². The first-order chi connectivity index (χ1) is 17.8. The van der Waals surface area contributed by atoms with Gasteiger partial charge in [-0.2, -0.15) is 0 Å². The SMILES string of the molecule is C=C(C)C(=O)OCC(O)COc1ccc(C(C)(C)c2ccc(OCC)cc2OC(C)OC(=O)C(=C)C)cc1. The molecule has 0 bridgehead atoms. The Hall–Kier alpha value is -3.78. The van der Waals surface area contributed by atoms with Crippen molar-refractivity contribution in [3.05, 3.63) is 77.9 Å². The number of carbonyl (C=O) groups is 2. The highest BCUT2D eigenvalue weighted by Crippen LogP contribution is 2.40. The highest BCUT2D eigenvalue weighted by molar-refractivity contribution is 5.87. The maximum atomic E-state index is 12.0. The Labute approximate surface area is 224 Å². The number of aliphatic hydroxyl groups is 1. The second-order valence-corrected chi connectivity index (χ2v) is 9.46. The van der Waals surface area contributed by atoms with E-state index in [4.69, 9.17) is 23.7 Å². The highest BCUT2D eigenvalue weighted by Gasteiger charge is 2.28. The third kappa shape index (κ3) is 8.66. The van der Waals surface area contributed by atoms with Crippen molar-refractivity contribution in [1.29, 1.82) is 0 Å². The van der Waals surface area contributed by atoms with Gasteiger partial charge in [-0.05, 0) is 44.5 Å². The molecule has 0 aliphatic carbocycles. The molecular formula is C30H38O8. The molecule has 0 spiro atoms. The number of aliphatic hydroxyl groups excluding tert-OH is 1. The Bertz CT molecular complexity index is 1130. The molecule has 206 valence electrons. The van der Waals surface area contributed by atoms with E-state index < -0.39 is 29.7 Å². The van der Waals surface area contributed by atoms with Crippen LogP contribution < -0.4 is 14.2 Å². The molecule has 0 heterocycles. The van der Waals surface area contributed by atoms with Crippen LogP contribution in [0.25, 0.3) is 0 Å². The van der Waals surface area contributed by atoms with Gasteiger partial charge in [-0.15, -0.1) is 0 Å². The summed E-state index contributed by atoms with van der Waals surface area (Å²) in [7, 11) is 0. The molecule has 0 amide bonds. The largest absolute Gasteiger partial charge is 0.494 e. The van der Waals surface area contributed by atoms with Crippen LogP contribution in [0.3, 0.4) is 0 Å². The van der Waals surface area contributed by atoms with Crippen molar-refractivity contribution in [3.8, 4) is 17.2 Å². The second-order valence-electron chi connectivity index (χ2n) is 9.46. The lowest BCUT2D eigenvalue weighted by Gasteiger charge is -2.29. The fourth-order valence-electron chi connectivity index (χ4n) is 3.49. The van der Waals surface area contributed by atoms with E-state index in [1.165, 1.54) is 6.92 Å². The molecule has 1 N–H and O–H groups in total. The Morgan fingerprint density at radius 1 is 0.921 bits per heavy atom. The minimum atomic E-state index is -0.973. The lowest BCUT2D eigenvalue weighted by atomic mass is 9.77. The van der Waals surface area contributed by atoms with Gasteiger partial charge in [-0.1, -0.05) is 45.2 Å². The van der Waals surface area contributed by atoms with Crippen LogP contribution in [0.15, 0.2) is 66.8 Å². The maximum Gasteiger partial charge on any atom is 0.336 e. The summed E-state index contributed by atoms with van der Waals surface area (Å²) >= 11 is 0. The average Bonchev–Trinajstić information content (AvgIpc) is 2.86. The Balaban J connectivity index is 2.18. The summed E-state index contributed by atoms with van der Waals surface area (Å²) in [5.41, 5.74) is 1.88. The van der Waals surface area contributed by atoms with E-state index in [9.17, 15) is 14.7 Å². The predicted molar refractivity (Wildman–Crippen MR) is 144 cm³/mol. The number of rotatable bonds is 14. The van der Waals surface area contributed by atoms with Gasteiger partial charge in [0, 0.05) is 35.1 Å². The predicted octanol–water partition coefficient (Wildman–Crippen LogP) is 5.11. The van der Waals surface area contributed by atoms with E-state index in [-0.39, 0.29) is 24.4 Å². The summed E-state index contributed by atoms with van der Waals surface area (Å²) in [6.45, 7) is 18.1. The van der Waals surface area contributed by atoms with E-state index in [1.807, 2.05) is 31.2 Å². The van der Waals surface area contributed by atoms with E-state index in [0.29, 0.717) is 23.9 Å². The third-order valence-electron chi connectivity index (χ3n) is 5.63. The average molecular weight is 527 g/mol. The molecule has 0 fully saturated rings. The van der Waals surface area contributed by atoms with Crippen LogP contribution in [-0.2, 0) is 24.5 Å². The zero-order chi connectivity index (χ0) is 28.5. The Morgan fingerprint density at radius 2 is 1.53 bits per heavy atom. The number of carbonyl (C=O) groups excluding carboxylic acids is 2. The number of esters is 2. The van der Waals surface area contributed by atoms with E-state index >= 15 is 0 Å². The topological polar surface area (TPSA) is 101 Å². The molecule has 38 heavy (non-hydrogen) atoms. The van der Waals surface area contributed by atoms with Gasteiger partial charge in [0.15, 0.2) is 0 Å². The molecule has 0 aliphatic heterocycles. The molecule has 2 rings (SSSR count). The minimum absolute atomic E-state index is 0.0378. The summed E-state index contributed by atoms with van der Waals surface area (Å²) in [6, 6.07) is 13.0. The molecule has 2 unspecified atom stereocenters. The van der Waals surface area contributed by atoms with Crippen molar-refractivity contribution in [1.82, 2.24) is 0 Å². The molecule has 2 aromatic rings. The van der Waals surface area contributed by atoms with Gasteiger partial charge >= 0.3 is 11.9 Å². The summed E-state index contributed by atoms with van der Waals surface area (Å²) in [5.74, 6) is 0.622. The molecule has 2 atom stereocenters. The first-order valence-electron chi connectivity index (χ1n) is 12.4. The van der Waals surface area contributed by atoms with E-state index in [1.54, 1.807) is 32.0 Å². The van der Waals surface area contributed by atoms with E-state index in [0.717, 1.165) is 11.1 Å². The van der Waals surface area contributed by atoms with Gasteiger partial charge in [-0.25, -0.2) is 9.59 Å². The van der Waals surface area contributed by atoms with Crippen LogP contribution in [0.1, 0.15) is 52.7 Å². The fourth-order valence-corrected chi connectivity index (χ4v) is 3.49. The standard InChI is InChI=1S/C30H38O8/c1-9-34-25-14-15-26(27(16-25)37-21(6)38-29(33)20(4)5)30(7,8)22-10-12-24(13-11-22)35-17-23(31)18-36-28(32)19(2)3/h10-16,21,23,31H,2,4,9,17-18H2,1,3,5-8H3. The molecule has 0 radical (unpaired) electrons. The summed E-state index contributed by atoms with van der Waals surface area (Å²) in [5, 5.41) is 10.0. The van der Waals surface area contributed by atoms with Crippen LogP contribution in [0.2, 0.25) is 0 Å². The normalized spacial score (nSPS) is 12.6. The van der Waals surface area contributed by atoms with Crippen molar-refractivity contribution in [3.63, 3.8) is 0 Å². The van der Waals surface area contributed by atoms with Crippen molar-refractivity contribution in [2.24, 2.45) is 0 Å². The number of ether oxygens (including phenoxy) is 5. The molecule has 0 saturated heterocycles. The molecule has 2 aromatic carbocycles. The molecule has 8 nitrogen and oxygen atoms in total. The Morgan fingerprint density at radius 3 is 2.11 bits per heavy atom. The van der Waals surface area contributed by atoms with Crippen molar-refractivity contribution in [2.75, 3.05) is 19.8 Å². The monoisotopic (exact) mass is 526 g/mol. The van der Waals surface area contributed by atoms with E-state index in [2.05, 4.69) is 27.0 Å². The van der Waals surface area contributed by atoms with Crippen LogP contribution in [0.4, 0.5) is 0 Å². The zero-order valence-corrected chi connectivity index (χ0v) is 23.0. The molecule has 0 aromatic heterocycles. The first-order valence-corrected chi connectivity index (χ1v) is 12.4. The van der Waals surface area contributed by atoms with Crippen LogP contribution in [0.5, 0.6) is 17.2 Å². The van der Waals surface area contributed by atoms with Crippen LogP contribution in [0, 0.1) is 0 Å². The lowest BCUT2D eigenvalue weighted by molar-refractivity contribution is -0.156. The summed E-state index contributed by atoms with van der Waals surface area (Å²) in [6.07, 6.45) is -1.82. The molecule has 0 aliphatic rings. The first kappa shape index (κ1) is 30.4. The minimum Gasteiger partial charge on any atom is -0.494 e. The fraction of sp³-hybridized carbons (Fsp3) is 0.400. The van der Waals surface area contributed by atoms with Gasteiger partial charge < -0.3 is 28.8 Å². The Kier molecular flexibility index (Phi) is 11.0. The zero-order valence-electron chi connectivity index (χ0n) is 23.0. The second kappa shape index (κ2) is 13.7. The number of hydrogen-bond donors (Lipinski definition) is 1. The summed E-state index contributed by atoms with van der Waals surface area (Å²) in [4.78, 5) is 23.4. The number of hydrogen-bond acceptors (Lipinski definition) is 8.